The Morgan fingerprint density at radius 3 is 3.14 bits per heavy atom. The molecule has 5 nitrogen and oxygen atoms in total. The highest BCUT2D eigenvalue weighted by Gasteiger charge is 2.07. The van der Waals surface area contributed by atoms with E-state index in [2.05, 4.69) is 10.1 Å². The first-order valence-electron chi connectivity index (χ1n) is 4.14. The molecule has 0 aliphatic carbocycles. The molecule has 0 bridgehead atoms. The highest BCUT2D eigenvalue weighted by Crippen LogP contribution is 2.10. The summed E-state index contributed by atoms with van der Waals surface area (Å²) in [5.41, 5.74) is 7.94. The minimum Gasteiger partial charge on any atom is -0.409 e. The highest BCUT2D eigenvalue weighted by atomic mass is 16.4. The van der Waals surface area contributed by atoms with Crippen LogP contribution in [-0.4, -0.2) is 20.4 Å². The molecule has 14 heavy (non-hydrogen) atoms. The fourth-order valence-electron chi connectivity index (χ4n) is 1.39. The van der Waals surface area contributed by atoms with Gasteiger partial charge in [-0.3, -0.25) is 4.40 Å². The third-order valence-electron chi connectivity index (χ3n) is 2.10. The van der Waals surface area contributed by atoms with Gasteiger partial charge in [0.25, 0.3) is 0 Å². The molecule has 2 aromatic rings. The van der Waals surface area contributed by atoms with E-state index < -0.39 is 0 Å². The summed E-state index contributed by atoms with van der Waals surface area (Å²) in [6.45, 7) is 1.96. The number of fused-ring (bicyclic) bond motifs is 1. The Kier molecular flexibility index (Phi) is 1.85. The number of aryl methyl sites for hydroxylation is 1. The Bertz CT molecular complexity index is 500. The molecular weight excluding hydrogens is 180 g/mol. The minimum absolute atomic E-state index is 0.0584. The Balaban J connectivity index is 2.76. The van der Waals surface area contributed by atoms with Gasteiger partial charge in [-0.2, -0.15) is 0 Å². The van der Waals surface area contributed by atoms with E-state index in [1.165, 1.54) is 0 Å². The molecule has 0 aliphatic rings. The molecule has 0 spiro atoms. The topological polar surface area (TPSA) is 75.9 Å². The second kappa shape index (κ2) is 3.02. The van der Waals surface area contributed by atoms with Crippen LogP contribution in [0.5, 0.6) is 0 Å². The zero-order valence-electron chi connectivity index (χ0n) is 7.68. The van der Waals surface area contributed by atoms with Crippen molar-refractivity contribution in [2.24, 2.45) is 10.9 Å². The van der Waals surface area contributed by atoms with Gasteiger partial charge in [0, 0.05) is 6.20 Å². The molecule has 3 N–H and O–H groups in total. The molecule has 0 unspecified atom stereocenters. The molecule has 0 fully saturated rings. The third-order valence-corrected chi connectivity index (χ3v) is 2.10. The van der Waals surface area contributed by atoms with E-state index in [1.54, 1.807) is 10.6 Å². The van der Waals surface area contributed by atoms with E-state index >= 15 is 0 Å². The molecule has 0 radical (unpaired) electrons. The van der Waals surface area contributed by atoms with E-state index in [0.29, 0.717) is 5.69 Å². The normalized spacial score (nSPS) is 12.2. The lowest BCUT2D eigenvalue weighted by Gasteiger charge is -2.00. The van der Waals surface area contributed by atoms with Crippen LogP contribution in [0.3, 0.4) is 0 Å². The maximum absolute atomic E-state index is 8.56. The number of pyridine rings is 1. The zero-order chi connectivity index (χ0) is 10.1. The molecule has 0 saturated carbocycles. The van der Waals surface area contributed by atoms with Gasteiger partial charge in [-0.25, -0.2) is 4.98 Å². The number of nitrogens with two attached hydrogens (primary N) is 1. The van der Waals surface area contributed by atoms with Crippen molar-refractivity contribution in [2.75, 3.05) is 0 Å². The summed E-state index contributed by atoms with van der Waals surface area (Å²) in [7, 11) is 0. The maximum Gasteiger partial charge on any atom is 0.188 e. The summed E-state index contributed by atoms with van der Waals surface area (Å²) in [6.07, 6.45) is 3.40. The monoisotopic (exact) mass is 190 g/mol. The minimum atomic E-state index is 0.0584. The van der Waals surface area contributed by atoms with Crippen LogP contribution in [0.2, 0.25) is 0 Å². The average Bonchev–Trinajstić information content (AvgIpc) is 2.62. The van der Waals surface area contributed by atoms with Crippen molar-refractivity contribution in [3.8, 4) is 0 Å². The second-order valence-corrected chi connectivity index (χ2v) is 3.01. The van der Waals surface area contributed by atoms with E-state index in [4.69, 9.17) is 10.9 Å². The molecule has 0 saturated heterocycles. The molecular formula is C9H10N4O. The van der Waals surface area contributed by atoms with Crippen LogP contribution in [0.25, 0.3) is 5.65 Å². The van der Waals surface area contributed by atoms with E-state index in [1.807, 2.05) is 25.3 Å². The van der Waals surface area contributed by atoms with Crippen LogP contribution >= 0.6 is 0 Å². The quantitative estimate of drug-likeness (QED) is 0.301. The molecule has 72 valence electrons. The fourth-order valence-corrected chi connectivity index (χ4v) is 1.39. The van der Waals surface area contributed by atoms with Gasteiger partial charge in [-0.1, -0.05) is 11.2 Å². The molecule has 0 atom stereocenters. The summed E-state index contributed by atoms with van der Waals surface area (Å²) in [5, 5.41) is 11.5. The smallest absolute Gasteiger partial charge is 0.188 e. The van der Waals surface area contributed by atoms with Crippen LogP contribution in [0.1, 0.15) is 11.3 Å². The molecule has 5 heteroatoms. The van der Waals surface area contributed by atoms with Gasteiger partial charge in [-0.05, 0) is 18.6 Å². The Morgan fingerprint density at radius 1 is 1.64 bits per heavy atom. The Labute approximate surface area is 80.5 Å². The third kappa shape index (κ3) is 1.10. The first-order valence-corrected chi connectivity index (χ1v) is 4.14. The molecule has 0 aliphatic heterocycles. The van der Waals surface area contributed by atoms with Gasteiger partial charge in [0.2, 0.25) is 0 Å². The number of hydrogen-bond acceptors (Lipinski definition) is 3. The standard InChI is InChI=1S/C9H10N4O/c1-6-3-2-4-13-7(8(10)12-14)5-11-9(6)13/h2-5,14H,1H3,(H2,10,12). The summed E-state index contributed by atoms with van der Waals surface area (Å²) < 4.78 is 1.78. The van der Waals surface area contributed by atoms with Crippen molar-refractivity contribution < 1.29 is 5.21 Å². The molecule has 0 aromatic carbocycles. The summed E-state index contributed by atoms with van der Waals surface area (Å²) in [4.78, 5) is 4.18. The van der Waals surface area contributed by atoms with Crippen molar-refractivity contribution >= 4 is 11.5 Å². The maximum atomic E-state index is 8.56. The van der Waals surface area contributed by atoms with Crippen molar-refractivity contribution in [1.82, 2.24) is 9.38 Å². The molecule has 2 aromatic heterocycles. The lowest BCUT2D eigenvalue weighted by atomic mass is 10.3. The van der Waals surface area contributed by atoms with Gasteiger partial charge < -0.3 is 10.9 Å². The predicted molar refractivity (Wildman–Crippen MR) is 52.4 cm³/mol. The van der Waals surface area contributed by atoms with Crippen LogP contribution in [0.4, 0.5) is 0 Å². The van der Waals surface area contributed by atoms with Crippen LogP contribution in [-0.2, 0) is 0 Å². The number of rotatable bonds is 1. The second-order valence-electron chi connectivity index (χ2n) is 3.01. The van der Waals surface area contributed by atoms with E-state index in [-0.39, 0.29) is 5.84 Å². The van der Waals surface area contributed by atoms with Gasteiger partial charge >= 0.3 is 0 Å². The van der Waals surface area contributed by atoms with E-state index in [9.17, 15) is 0 Å². The van der Waals surface area contributed by atoms with Gasteiger partial charge in [0.1, 0.15) is 11.3 Å². The van der Waals surface area contributed by atoms with Gasteiger partial charge in [0.05, 0.1) is 6.20 Å². The predicted octanol–water partition coefficient (Wildman–Crippen LogP) is 0.737. The molecule has 2 rings (SSSR count). The van der Waals surface area contributed by atoms with Crippen LogP contribution < -0.4 is 5.73 Å². The average molecular weight is 190 g/mol. The Morgan fingerprint density at radius 2 is 2.43 bits per heavy atom. The number of aromatic nitrogens is 2. The molecule has 0 amide bonds. The SMILES string of the molecule is Cc1cccn2c(/C(N)=N\O)cnc12. The lowest BCUT2D eigenvalue weighted by molar-refractivity contribution is 0.318. The van der Waals surface area contributed by atoms with E-state index in [0.717, 1.165) is 11.2 Å². The molecule has 2 heterocycles. The van der Waals surface area contributed by atoms with Crippen molar-refractivity contribution in [1.29, 1.82) is 0 Å². The summed E-state index contributed by atoms with van der Waals surface area (Å²) in [6, 6.07) is 3.84. The summed E-state index contributed by atoms with van der Waals surface area (Å²) >= 11 is 0. The number of hydrogen-bond donors (Lipinski definition) is 2. The van der Waals surface area contributed by atoms with Crippen LogP contribution in [0.15, 0.2) is 29.7 Å². The van der Waals surface area contributed by atoms with Gasteiger partial charge in [0.15, 0.2) is 5.84 Å². The first-order chi connectivity index (χ1) is 6.74. The zero-order valence-corrected chi connectivity index (χ0v) is 7.68. The fraction of sp³-hybridized carbons (Fsp3) is 0.111. The number of amidine groups is 1. The number of imidazole rings is 1. The van der Waals surface area contributed by atoms with Gasteiger partial charge in [-0.15, -0.1) is 0 Å². The van der Waals surface area contributed by atoms with Crippen molar-refractivity contribution in [3.63, 3.8) is 0 Å². The lowest BCUT2D eigenvalue weighted by Crippen LogP contribution is -2.15. The summed E-state index contributed by atoms with van der Waals surface area (Å²) in [5.74, 6) is 0.0584. The first kappa shape index (κ1) is 8.55. The van der Waals surface area contributed by atoms with Crippen molar-refractivity contribution in [2.45, 2.75) is 6.92 Å². The largest absolute Gasteiger partial charge is 0.409 e. The van der Waals surface area contributed by atoms with Crippen LogP contribution in [0, 0.1) is 6.92 Å². The Hall–Kier alpha value is -2.04. The highest BCUT2D eigenvalue weighted by molar-refractivity contribution is 5.96. The number of oxime groups is 1. The number of nitrogens with zero attached hydrogens (tertiary/aromatic N) is 3. The van der Waals surface area contributed by atoms with Crippen molar-refractivity contribution in [3.05, 3.63) is 35.8 Å².